The maximum Gasteiger partial charge on any atom is 0.326 e. The van der Waals surface area contributed by atoms with Crippen molar-refractivity contribution < 1.29 is 29.0 Å². The second-order valence-corrected chi connectivity index (χ2v) is 7.40. The lowest BCUT2D eigenvalue weighted by molar-refractivity contribution is -0.139. The van der Waals surface area contributed by atoms with Gasteiger partial charge < -0.3 is 41.7 Å². The second-order valence-electron chi connectivity index (χ2n) is 7.40. The number of aromatic amines is 1. The molecule has 33 heavy (non-hydrogen) atoms. The van der Waals surface area contributed by atoms with Crippen molar-refractivity contribution in [1.82, 2.24) is 25.8 Å². The summed E-state index contributed by atoms with van der Waals surface area (Å²) in [6.45, 7) is -0.592. The smallest absolute Gasteiger partial charge is 0.326 e. The highest BCUT2D eigenvalue weighted by Crippen LogP contribution is 2.23. The molecule has 0 bridgehead atoms. The Morgan fingerprint density at radius 3 is 2.58 bits per heavy atom. The molecule has 3 unspecified atom stereocenters. The van der Waals surface area contributed by atoms with Crippen molar-refractivity contribution in [2.45, 2.75) is 37.4 Å². The number of carbonyl (C=O) groups excluding carboxylic acids is 2. The molecular weight excluding hydrogens is 434 g/mol. The number of aliphatic hydroxyl groups excluding tert-OH is 1. The van der Waals surface area contributed by atoms with E-state index >= 15 is 0 Å². The van der Waals surface area contributed by atoms with Crippen molar-refractivity contribution in [1.29, 1.82) is 0 Å². The minimum Gasteiger partial charge on any atom is -0.480 e. The largest absolute Gasteiger partial charge is 0.480 e. The number of nitrogens with one attached hydrogen (secondary N) is 3. The summed E-state index contributed by atoms with van der Waals surface area (Å²) in [5, 5.41) is 32.1. The van der Waals surface area contributed by atoms with Gasteiger partial charge in [-0.05, 0) is 24.5 Å². The molecule has 13 nitrogen and oxygen atoms in total. The molecule has 9 N–H and O–H groups in total. The van der Waals surface area contributed by atoms with Crippen LogP contribution in [0.1, 0.15) is 42.3 Å². The van der Waals surface area contributed by atoms with Crippen LogP contribution in [0.2, 0.25) is 0 Å². The third-order valence-electron chi connectivity index (χ3n) is 4.96. The Kier molecular flexibility index (Phi) is 7.58. The van der Waals surface area contributed by atoms with E-state index in [9.17, 15) is 24.6 Å². The highest BCUT2D eigenvalue weighted by Gasteiger charge is 2.26. The first-order valence-corrected chi connectivity index (χ1v) is 10.1. The first-order valence-electron chi connectivity index (χ1n) is 10.1. The SMILES string of the molecule is NC(=O)CCC(NC(=O)NC(CO)c1nnc(C(N)Cc2c[nH]c3ccccc23)o1)C(=O)O. The molecule has 3 rings (SSSR count). The van der Waals surface area contributed by atoms with E-state index in [0.29, 0.717) is 6.42 Å². The number of carboxylic acid groups (broad SMARTS) is 1. The van der Waals surface area contributed by atoms with Gasteiger partial charge >= 0.3 is 12.0 Å². The number of primary amides is 1. The number of benzene rings is 1. The number of aromatic nitrogens is 3. The van der Waals surface area contributed by atoms with E-state index in [-0.39, 0.29) is 24.6 Å². The maximum atomic E-state index is 12.2. The summed E-state index contributed by atoms with van der Waals surface area (Å²) >= 11 is 0. The van der Waals surface area contributed by atoms with Crippen molar-refractivity contribution in [2.24, 2.45) is 11.5 Å². The molecule has 0 spiro atoms. The fourth-order valence-electron chi connectivity index (χ4n) is 3.25. The monoisotopic (exact) mass is 459 g/mol. The zero-order chi connectivity index (χ0) is 24.0. The number of nitrogens with two attached hydrogens (primary N) is 2. The second kappa shape index (κ2) is 10.6. The van der Waals surface area contributed by atoms with Crippen LogP contribution >= 0.6 is 0 Å². The molecule has 0 aliphatic heterocycles. The average Bonchev–Trinajstić information content (AvgIpc) is 3.42. The van der Waals surface area contributed by atoms with Crippen LogP contribution in [0.15, 0.2) is 34.9 Å². The maximum absolute atomic E-state index is 12.2. The summed E-state index contributed by atoms with van der Waals surface area (Å²) < 4.78 is 5.55. The number of urea groups is 1. The lowest BCUT2D eigenvalue weighted by atomic mass is 10.1. The third-order valence-corrected chi connectivity index (χ3v) is 4.96. The number of nitrogens with zero attached hydrogens (tertiary/aromatic N) is 2. The van der Waals surface area contributed by atoms with Gasteiger partial charge in [-0.25, -0.2) is 9.59 Å². The molecule has 2 heterocycles. The van der Waals surface area contributed by atoms with Crippen LogP contribution in [0.3, 0.4) is 0 Å². The Balaban J connectivity index is 1.62. The Bertz CT molecular complexity index is 1130. The number of rotatable bonds is 11. The zero-order valence-corrected chi connectivity index (χ0v) is 17.5. The summed E-state index contributed by atoms with van der Waals surface area (Å²) in [6, 6.07) is 3.75. The Morgan fingerprint density at radius 2 is 1.88 bits per heavy atom. The number of aliphatic carboxylic acids is 1. The van der Waals surface area contributed by atoms with E-state index in [1.807, 2.05) is 30.5 Å². The number of amides is 3. The van der Waals surface area contributed by atoms with Crippen LogP contribution in [0, 0.1) is 0 Å². The van der Waals surface area contributed by atoms with Crippen LogP contribution in [0.5, 0.6) is 0 Å². The average molecular weight is 459 g/mol. The quantitative estimate of drug-likeness (QED) is 0.202. The Morgan fingerprint density at radius 1 is 1.15 bits per heavy atom. The predicted molar refractivity (Wildman–Crippen MR) is 115 cm³/mol. The highest BCUT2D eigenvalue weighted by atomic mass is 16.4. The molecule has 1 aromatic carbocycles. The molecule has 0 aliphatic rings. The third kappa shape index (κ3) is 6.05. The van der Waals surface area contributed by atoms with Crippen molar-refractivity contribution in [2.75, 3.05) is 6.61 Å². The number of carbonyl (C=O) groups is 3. The molecule has 3 atom stereocenters. The van der Waals surface area contributed by atoms with Gasteiger partial charge in [0.25, 0.3) is 0 Å². The van der Waals surface area contributed by atoms with Gasteiger partial charge in [-0.1, -0.05) is 18.2 Å². The van der Waals surface area contributed by atoms with Gasteiger partial charge in [-0.3, -0.25) is 4.79 Å². The summed E-state index contributed by atoms with van der Waals surface area (Å²) in [5.41, 5.74) is 13.2. The van der Waals surface area contributed by atoms with E-state index in [0.717, 1.165) is 16.5 Å². The van der Waals surface area contributed by atoms with E-state index in [2.05, 4.69) is 25.8 Å². The number of hydrogen-bond acceptors (Lipinski definition) is 8. The molecule has 0 fully saturated rings. The first-order chi connectivity index (χ1) is 15.8. The minimum absolute atomic E-state index is 0.0963. The number of H-pyrrole nitrogens is 1. The van der Waals surface area contributed by atoms with E-state index < -0.39 is 42.6 Å². The molecule has 176 valence electrons. The van der Waals surface area contributed by atoms with Gasteiger partial charge in [0.1, 0.15) is 12.1 Å². The summed E-state index contributed by atoms with van der Waals surface area (Å²) in [5.74, 6) is -2.02. The molecule has 0 saturated heterocycles. The molecule has 0 aliphatic carbocycles. The van der Waals surface area contributed by atoms with Crippen molar-refractivity contribution in [3.05, 3.63) is 47.8 Å². The van der Waals surface area contributed by atoms with Crippen LogP contribution in [-0.2, 0) is 16.0 Å². The van der Waals surface area contributed by atoms with Gasteiger partial charge in [0.05, 0.1) is 12.6 Å². The first kappa shape index (κ1) is 23.7. The van der Waals surface area contributed by atoms with Crippen LogP contribution in [0.25, 0.3) is 10.9 Å². The van der Waals surface area contributed by atoms with Crippen molar-refractivity contribution in [3.8, 4) is 0 Å². The topological polar surface area (TPSA) is 222 Å². The molecule has 13 heteroatoms. The summed E-state index contributed by atoms with van der Waals surface area (Å²) in [7, 11) is 0. The number of aliphatic hydroxyl groups is 1. The number of carboxylic acids is 1. The molecule has 3 aromatic rings. The van der Waals surface area contributed by atoms with Gasteiger partial charge in [0, 0.05) is 23.5 Å². The Hall–Kier alpha value is -3.97. The number of fused-ring (bicyclic) bond motifs is 1. The normalized spacial score (nSPS) is 13.9. The van der Waals surface area contributed by atoms with Crippen LogP contribution < -0.4 is 22.1 Å². The number of para-hydroxylation sites is 1. The van der Waals surface area contributed by atoms with Crippen molar-refractivity contribution in [3.63, 3.8) is 0 Å². The van der Waals surface area contributed by atoms with Crippen LogP contribution in [0.4, 0.5) is 4.79 Å². The molecule has 0 saturated carbocycles. The highest BCUT2D eigenvalue weighted by molar-refractivity contribution is 5.84. The standard InChI is InChI=1S/C20H25N7O6/c21-12(7-10-8-23-13-4-2-1-3-11(10)13)17-26-27-18(33-17)15(9-28)25-20(32)24-14(19(30)31)5-6-16(22)29/h1-4,8,12,14-15,23,28H,5-7,9,21H2,(H2,22,29)(H,30,31)(H2,24,25,32). The lowest BCUT2D eigenvalue weighted by Gasteiger charge is -2.17. The van der Waals surface area contributed by atoms with Crippen molar-refractivity contribution >= 4 is 28.8 Å². The van der Waals surface area contributed by atoms with Gasteiger partial charge in [0.2, 0.25) is 17.7 Å². The fourth-order valence-corrected chi connectivity index (χ4v) is 3.25. The summed E-state index contributed by atoms with van der Waals surface area (Å²) in [6.07, 6.45) is 1.85. The fraction of sp³-hybridized carbons (Fsp3) is 0.350. The zero-order valence-electron chi connectivity index (χ0n) is 17.5. The lowest BCUT2D eigenvalue weighted by Crippen LogP contribution is -2.47. The van der Waals surface area contributed by atoms with Gasteiger partial charge in [0.15, 0.2) is 0 Å². The Labute approximate surface area is 187 Å². The van der Waals surface area contributed by atoms with E-state index in [1.54, 1.807) is 0 Å². The molecule has 0 radical (unpaired) electrons. The van der Waals surface area contributed by atoms with Gasteiger partial charge in [-0.15, -0.1) is 10.2 Å². The minimum atomic E-state index is -1.35. The number of hydrogen-bond donors (Lipinski definition) is 7. The molecule has 3 amide bonds. The molecular formula is C20H25N7O6. The molecule has 2 aromatic heterocycles. The van der Waals surface area contributed by atoms with Gasteiger partial charge in [-0.2, -0.15) is 0 Å². The van der Waals surface area contributed by atoms with Crippen LogP contribution in [-0.4, -0.2) is 56.0 Å². The van der Waals surface area contributed by atoms with E-state index in [1.165, 1.54) is 0 Å². The predicted octanol–water partition coefficient (Wildman–Crippen LogP) is -0.155. The van der Waals surface area contributed by atoms with E-state index in [4.69, 9.17) is 15.9 Å². The summed E-state index contributed by atoms with van der Waals surface area (Å²) in [4.78, 5) is 37.5.